The first-order valence-corrected chi connectivity index (χ1v) is 9.58. The molecule has 0 saturated carbocycles. The third-order valence-corrected chi connectivity index (χ3v) is 5.35. The molecule has 3 rings (SSSR count). The zero-order chi connectivity index (χ0) is 21.1. The second-order valence-electron chi connectivity index (χ2n) is 6.31. The summed E-state index contributed by atoms with van der Waals surface area (Å²) < 4.78 is 19.5. The lowest BCUT2D eigenvalue weighted by Crippen LogP contribution is -2.23. The first kappa shape index (κ1) is 20.6. The molecule has 0 saturated heterocycles. The molecule has 0 atom stereocenters. The Morgan fingerprint density at radius 3 is 2.34 bits per heavy atom. The van der Waals surface area contributed by atoms with Crippen molar-refractivity contribution in [2.24, 2.45) is 4.99 Å². The van der Waals surface area contributed by atoms with Gasteiger partial charge in [0.15, 0.2) is 16.3 Å². The molecule has 0 spiro atoms. The number of ether oxygens (including phenoxy) is 3. The largest absolute Gasteiger partial charge is 0.493 e. The normalized spacial score (nSPS) is 11.7. The monoisotopic (exact) mass is 418 g/mol. The molecule has 1 aromatic carbocycles. The van der Waals surface area contributed by atoms with Gasteiger partial charge in [-0.25, -0.2) is 0 Å². The van der Waals surface area contributed by atoms with Crippen LogP contribution >= 0.6 is 11.3 Å². The van der Waals surface area contributed by atoms with Crippen LogP contribution in [-0.2, 0) is 27.4 Å². The Morgan fingerprint density at radius 1 is 1.07 bits per heavy atom. The van der Waals surface area contributed by atoms with Crippen molar-refractivity contribution >= 4 is 33.4 Å². The summed E-state index contributed by atoms with van der Waals surface area (Å²) in [7, 11) is 4.39. The molecule has 0 aliphatic rings. The van der Waals surface area contributed by atoms with Gasteiger partial charge in [-0.2, -0.15) is 10.1 Å². The maximum Gasteiger partial charge on any atom is 0.325 e. The molecule has 10 heteroatoms. The average Bonchev–Trinajstić information content (AvgIpc) is 3.18. The number of amides is 1. The number of thiazole rings is 1. The number of hydrogen-bond donors (Lipinski definition) is 0. The molecule has 2 aromatic heterocycles. The predicted molar refractivity (Wildman–Crippen MR) is 107 cm³/mol. The number of aryl methyl sites for hydroxylation is 2. The Morgan fingerprint density at radius 2 is 1.76 bits per heavy atom. The zero-order valence-electron chi connectivity index (χ0n) is 16.9. The highest BCUT2D eigenvalue weighted by Crippen LogP contribution is 2.33. The second kappa shape index (κ2) is 8.48. The molecule has 0 aliphatic carbocycles. The van der Waals surface area contributed by atoms with Gasteiger partial charge in [-0.1, -0.05) is 11.3 Å². The van der Waals surface area contributed by atoms with Crippen molar-refractivity contribution < 1.29 is 23.8 Å². The number of benzene rings is 1. The van der Waals surface area contributed by atoms with Crippen LogP contribution in [0.25, 0.3) is 10.2 Å². The van der Waals surface area contributed by atoms with E-state index in [9.17, 15) is 9.59 Å². The van der Waals surface area contributed by atoms with Crippen LogP contribution in [0.1, 0.15) is 11.4 Å². The third kappa shape index (κ3) is 4.32. The molecule has 0 aliphatic heterocycles. The smallest absolute Gasteiger partial charge is 0.325 e. The number of carbonyl (C=O) groups excluding carboxylic acids is 2. The van der Waals surface area contributed by atoms with E-state index in [2.05, 4.69) is 10.1 Å². The van der Waals surface area contributed by atoms with Crippen LogP contribution in [0.15, 0.2) is 23.2 Å². The minimum atomic E-state index is -0.452. The van der Waals surface area contributed by atoms with E-state index in [0.717, 1.165) is 16.1 Å². The van der Waals surface area contributed by atoms with Crippen LogP contribution in [0.4, 0.5) is 0 Å². The zero-order valence-corrected chi connectivity index (χ0v) is 17.7. The fourth-order valence-electron chi connectivity index (χ4n) is 2.93. The molecule has 0 bridgehead atoms. The molecule has 3 aromatic rings. The molecular weight excluding hydrogens is 396 g/mol. The molecular formula is C19H22N4O5S. The van der Waals surface area contributed by atoms with E-state index in [1.165, 1.54) is 25.6 Å². The molecule has 0 radical (unpaired) electrons. The van der Waals surface area contributed by atoms with E-state index in [0.29, 0.717) is 21.8 Å². The van der Waals surface area contributed by atoms with Crippen LogP contribution in [0.2, 0.25) is 0 Å². The van der Waals surface area contributed by atoms with Crippen molar-refractivity contribution in [3.63, 3.8) is 0 Å². The van der Waals surface area contributed by atoms with Gasteiger partial charge in [-0.05, 0) is 19.9 Å². The molecule has 29 heavy (non-hydrogen) atoms. The molecule has 154 valence electrons. The van der Waals surface area contributed by atoms with E-state index in [1.54, 1.807) is 28.5 Å². The number of hydrogen-bond acceptors (Lipinski definition) is 7. The number of esters is 1. The second-order valence-corrected chi connectivity index (χ2v) is 7.32. The number of aromatic nitrogens is 3. The quantitative estimate of drug-likeness (QED) is 0.567. The van der Waals surface area contributed by atoms with Crippen molar-refractivity contribution in [3.05, 3.63) is 34.4 Å². The van der Waals surface area contributed by atoms with Gasteiger partial charge < -0.3 is 18.8 Å². The van der Waals surface area contributed by atoms with Crippen LogP contribution in [0.3, 0.4) is 0 Å². The van der Waals surface area contributed by atoms with Crippen LogP contribution in [-0.4, -0.2) is 47.6 Å². The summed E-state index contributed by atoms with van der Waals surface area (Å²) in [4.78, 5) is 29.1. The Kier molecular flexibility index (Phi) is 6.02. The Labute approximate surface area is 171 Å². The topological polar surface area (TPSA) is 96.9 Å². The van der Waals surface area contributed by atoms with E-state index in [-0.39, 0.29) is 19.0 Å². The maximum absolute atomic E-state index is 12.6. The van der Waals surface area contributed by atoms with E-state index < -0.39 is 5.97 Å². The lowest BCUT2D eigenvalue weighted by Gasteiger charge is -2.09. The SMILES string of the molecule is COC(=O)Cn1c(=NC(=O)Cn2nc(C)cc2C)sc2cc(OC)c(OC)cc21. The summed E-state index contributed by atoms with van der Waals surface area (Å²) >= 11 is 1.28. The van der Waals surface area contributed by atoms with E-state index in [4.69, 9.17) is 14.2 Å². The summed E-state index contributed by atoms with van der Waals surface area (Å²) in [5.41, 5.74) is 2.40. The minimum Gasteiger partial charge on any atom is -0.493 e. The molecule has 9 nitrogen and oxygen atoms in total. The van der Waals surface area contributed by atoms with Gasteiger partial charge in [0, 0.05) is 17.8 Å². The highest BCUT2D eigenvalue weighted by atomic mass is 32.1. The molecule has 0 fully saturated rings. The van der Waals surface area contributed by atoms with Gasteiger partial charge in [0.1, 0.15) is 13.1 Å². The Bertz CT molecular complexity index is 1140. The predicted octanol–water partition coefficient (Wildman–Crippen LogP) is 1.83. The summed E-state index contributed by atoms with van der Waals surface area (Å²) in [6.45, 7) is 3.67. The number of fused-ring (bicyclic) bond motifs is 1. The number of rotatable bonds is 6. The van der Waals surface area contributed by atoms with Crippen molar-refractivity contribution in [2.45, 2.75) is 26.9 Å². The van der Waals surface area contributed by atoms with Gasteiger partial charge in [0.05, 0.1) is 37.2 Å². The summed E-state index contributed by atoms with van der Waals surface area (Å²) in [6, 6.07) is 5.43. The standard InChI is InChI=1S/C19H22N4O5S/c1-11-6-12(2)23(21-11)9-17(24)20-19-22(10-18(25)28-5)13-7-14(26-3)15(27-4)8-16(13)29-19/h6-8H,9-10H2,1-5H3. The third-order valence-electron chi connectivity index (χ3n) is 4.31. The summed E-state index contributed by atoms with van der Waals surface area (Å²) in [6.07, 6.45) is 0. The van der Waals surface area contributed by atoms with Gasteiger partial charge in [-0.3, -0.25) is 14.3 Å². The first-order chi connectivity index (χ1) is 13.9. The van der Waals surface area contributed by atoms with Crippen molar-refractivity contribution in [3.8, 4) is 11.5 Å². The van der Waals surface area contributed by atoms with E-state index in [1.807, 2.05) is 19.9 Å². The maximum atomic E-state index is 12.6. The number of nitrogens with zero attached hydrogens (tertiary/aromatic N) is 4. The van der Waals surface area contributed by atoms with Crippen LogP contribution < -0.4 is 14.3 Å². The Balaban J connectivity index is 2.10. The van der Waals surface area contributed by atoms with Crippen LogP contribution in [0, 0.1) is 13.8 Å². The Hall–Kier alpha value is -3.14. The molecule has 0 N–H and O–H groups in total. The van der Waals surface area contributed by atoms with E-state index >= 15 is 0 Å². The highest BCUT2D eigenvalue weighted by molar-refractivity contribution is 7.16. The molecule has 2 heterocycles. The van der Waals surface area contributed by atoms with Gasteiger partial charge in [0.25, 0.3) is 5.91 Å². The summed E-state index contributed by atoms with van der Waals surface area (Å²) in [5.74, 6) is 0.233. The fourth-order valence-corrected chi connectivity index (χ4v) is 3.99. The van der Waals surface area contributed by atoms with Gasteiger partial charge >= 0.3 is 5.97 Å². The number of methoxy groups -OCH3 is 3. The average molecular weight is 418 g/mol. The minimum absolute atomic E-state index is 0.0127. The molecule has 0 unspecified atom stereocenters. The lowest BCUT2D eigenvalue weighted by atomic mass is 10.3. The summed E-state index contributed by atoms with van der Waals surface area (Å²) in [5, 5.41) is 4.29. The van der Waals surface area contributed by atoms with Gasteiger partial charge in [-0.15, -0.1) is 0 Å². The molecule has 1 amide bonds. The van der Waals surface area contributed by atoms with Crippen molar-refractivity contribution in [1.82, 2.24) is 14.3 Å². The number of carbonyl (C=O) groups is 2. The van der Waals surface area contributed by atoms with Gasteiger partial charge in [0.2, 0.25) is 0 Å². The lowest BCUT2D eigenvalue weighted by molar-refractivity contribution is -0.141. The van der Waals surface area contributed by atoms with Crippen molar-refractivity contribution in [1.29, 1.82) is 0 Å². The first-order valence-electron chi connectivity index (χ1n) is 8.77. The highest BCUT2D eigenvalue weighted by Gasteiger charge is 2.16. The fraction of sp³-hybridized carbons (Fsp3) is 0.368. The van der Waals surface area contributed by atoms with Crippen molar-refractivity contribution in [2.75, 3.05) is 21.3 Å². The van der Waals surface area contributed by atoms with Crippen LogP contribution in [0.5, 0.6) is 11.5 Å².